The van der Waals surface area contributed by atoms with Gasteiger partial charge in [0.1, 0.15) is 35.2 Å². The molecule has 3 heterocycles. The Hall–Kier alpha value is -4.38. The van der Waals surface area contributed by atoms with Gasteiger partial charge in [0.25, 0.3) is 0 Å². The van der Waals surface area contributed by atoms with Crippen molar-refractivity contribution in [3.63, 3.8) is 0 Å². The topological polar surface area (TPSA) is 108 Å². The summed E-state index contributed by atoms with van der Waals surface area (Å²) in [4.78, 5) is 47.5. The Morgan fingerprint density at radius 2 is 1.30 bits per heavy atom. The van der Waals surface area contributed by atoms with Gasteiger partial charge in [-0.1, -0.05) is 5.92 Å². The van der Waals surface area contributed by atoms with Crippen LogP contribution in [0.5, 0.6) is 11.5 Å². The molecule has 0 unspecified atom stereocenters. The van der Waals surface area contributed by atoms with Gasteiger partial charge in [0.05, 0.1) is 6.61 Å². The monoisotopic (exact) mass is 593 g/mol. The smallest absolute Gasteiger partial charge is 0.181 e. The van der Waals surface area contributed by atoms with E-state index in [1.165, 1.54) is 24.0 Å². The van der Waals surface area contributed by atoms with E-state index in [4.69, 9.17) is 15.9 Å². The van der Waals surface area contributed by atoms with Crippen molar-refractivity contribution in [2.75, 3.05) is 13.2 Å². The van der Waals surface area contributed by atoms with Crippen LogP contribution in [0.1, 0.15) is 124 Å². The van der Waals surface area contributed by atoms with Gasteiger partial charge in [-0.2, -0.15) is 0 Å². The summed E-state index contributed by atoms with van der Waals surface area (Å²) < 4.78 is 10.8. The maximum absolute atomic E-state index is 11.8. The van der Waals surface area contributed by atoms with Gasteiger partial charge in [-0.3, -0.25) is 24.4 Å². The largest absolute Gasteiger partial charge is 0.493 e. The van der Waals surface area contributed by atoms with E-state index >= 15 is 0 Å². The lowest BCUT2D eigenvalue weighted by Gasteiger charge is -2.18. The predicted molar refractivity (Wildman–Crippen MR) is 167 cm³/mol. The van der Waals surface area contributed by atoms with Crippen molar-refractivity contribution in [3.05, 3.63) is 75.6 Å². The van der Waals surface area contributed by atoms with E-state index in [-0.39, 0.29) is 24.0 Å². The normalized spacial score (nSPS) is 16.5. The van der Waals surface area contributed by atoms with E-state index in [1.807, 2.05) is 19.9 Å². The third-order valence-electron chi connectivity index (χ3n) is 8.22. The van der Waals surface area contributed by atoms with Crippen molar-refractivity contribution in [1.29, 1.82) is 0 Å². The lowest BCUT2D eigenvalue weighted by atomic mass is 9.89. The summed E-state index contributed by atoms with van der Waals surface area (Å²) in [6.07, 6.45) is 18.4. The second-order valence-corrected chi connectivity index (χ2v) is 11.5. The fourth-order valence-corrected chi connectivity index (χ4v) is 6.07. The van der Waals surface area contributed by atoms with Gasteiger partial charge in [-0.25, -0.2) is 4.98 Å². The number of nitrogens with zero attached hydrogens (tertiary/aromatic N) is 3. The lowest BCUT2D eigenvalue weighted by Crippen LogP contribution is -2.16. The molecule has 0 saturated heterocycles. The maximum atomic E-state index is 11.8. The number of fused-ring (bicyclic) bond motifs is 3. The molecule has 0 amide bonds. The number of aryl methyl sites for hydroxylation is 1. The number of ether oxygens (including phenoxy) is 2. The average Bonchev–Trinajstić information content (AvgIpc) is 3.88. The van der Waals surface area contributed by atoms with E-state index in [9.17, 15) is 14.4 Å². The van der Waals surface area contributed by atoms with Gasteiger partial charge >= 0.3 is 0 Å². The number of Topliss-reactive ketones (excluding diaryl/α,β-unsaturated/α-hetero) is 3. The standard InChI is InChI=1S/C13H15NO.C12H11NO2.C11H13NO2/c1-8-7-11(9-5-6-9)10-3-2-4-12(15)13(10)14-8;1-2-8-15-11-6-7-13-12-9(11)4-3-5-10(12)14;1-2-14-10-6-7-12-11-8(10)4-3-5-9(11)13/h7,9H,2-6H2,1H3;1,6-7H,3-5,8H2;6-7H,2-5H2,1H3. The first kappa shape index (κ1) is 31.1. The highest BCUT2D eigenvalue weighted by Crippen LogP contribution is 2.43. The molecule has 0 spiro atoms. The molecular formula is C36H39N3O5. The number of ketones is 3. The number of carbonyl (C=O) groups is 3. The Bertz CT molecular complexity index is 1600. The first-order valence-corrected chi connectivity index (χ1v) is 15.7. The minimum atomic E-state index is 0.0995. The number of carbonyl (C=O) groups excluding carboxylic acids is 3. The molecule has 3 aromatic heterocycles. The first-order chi connectivity index (χ1) is 21.4. The Morgan fingerprint density at radius 1 is 0.773 bits per heavy atom. The van der Waals surface area contributed by atoms with Crippen LogP contribution in [-0.2, 0) is 19.3 Å². The molecule has 1 fully saturated rings. The van der Waals surface area contributed by atoms with Crippen LogP contribution < -0.4 is 9.47 Å². The molecule has 0 aromatic carbocycles. The molecule has 8 nitrogen and oxygen atoms in total. The molecule has 0 aliphatic heterocycles. The fraction of sp³-hybridized carbons (Fsp3) is 0.444. The molecule has 0 N–H and O–H groups in total. The van der Waals surface area contributed by atoms with Gasteiger partial charge in [0.2, 0.25) is 0 Å². The Morgan fingerprint density at radius 3 is 1.82 bits per heavy atom. The Kier molecular flexibility index (Phi) is 10.2. The number of hydrogen-bond acceptors (Lipinski definition) is 8. The van der Waals surface area contributed by atoms with E-state index in [0.717, 1.165) is 72.7 Å². The third kappa shape index (κ3) is 7.21. The molecule has 1 saturated carbocycles. The molecule has 0 radical (unpaired) electrons. The van der Waals surface area contributed by atoms with Gasteiger partial charge < -0.3 is 9.47 Å². The zero-order valence-electron chi connectivity index (χ0n) is 25.6. The number of rotatable bonds is 5. The molecule has 7 rings (SSSR count). The molecule has 0 atom stereocenters. The fourth-order valence-electron chi connectivity index (χ4n) is 6.07. The third-order valence-corrected chi connectivity index (χ3v) is 8.22. The number of terminal acetylenes is 1. The molecule has 44 heavy (non-hydrogen) atoms. The van der Waals surface area contributed by atoms with Crippen molar-refractivity contribution in [3.8, 4) is 23.8 Å². The van der Waals surface area contributed by atoms with Crippen molar-refractivity contribution in [1.82, 2.24) is 15.0 Å². The summed E-state index contributed by atoms with van der Waals surface area (Å²) in [5.41, 5.74) is 7.53. The van der Waals surface area contributed by atoms with Gasteiger partial charge in [0, 0.05) is 48.5 Å². The quantitative estimate of drug-likeness (QED) is 0.313. The summed E-state index contributed by atoms with van der Waals surface area (Å²) in [6, 6.07) is 5.78. The minimum absolute atomic E-state index is 0.0995. The zero-order chi connectivity index (χ0) is 31.1. The highest BCUT2D eigenvalue weighted by atomic mass is 16.5. The highest BCUT2D eigenvalue weighted by molar-refractivity contribution is 5.98. The summed E-state index contributed by atoms with van der Waals surface area (Å²) >= 11 is 0. The van der Waals surface area contributed by atoms with Crippen LogP contribution in [0.3, 0.4) is 0 Å². The van der Waals surface area contributed by atoms with E-state index in [1.54, 1.807) is 18.5 Å². The number of hydrogen-bond donors (Lipinski definition) is 0. The van der Waals surface area contributed by atoms with Crippen molar-refractivity contribution < 1.29 is 23.9 Å². The van der Waals surface area contributed by atoms with Crippen LogP contribution >= 0.6 is 0 Å². The summed E-state index contributed by atoms with van der Waals surface area (Å²) in [7, 11) is 0. The van der Waals surface area contributed by atoms with E-state index in [2.05, 4.69) is 26.9 Å². The van der Waals surface area contributed by atoms with Crippen LogP contribution in [0.25, 0.3) is 0 Å². The summed E-state index contributed by atoms with van der Waals surface area (Å²) in [5, 5.41) is 0. The van der Waals surface area contributed by atoms with Crippen molar-refractivity contribution >= 4 is 17.3 Å². The van der Waals surface area contributed by atoms with Crippen LogP contribution in [0.2, 0.25) is 0 Å². The zero-order valence-corrected chi connectivity index (χ0v) is 25.6. The van der Waals surface area contributed by atoms with E-state index < -0.39 is 0 Å². The van der Waals surface area contributed by atoms with Crippen LogP contribution in [-0.4, -0.2) is 45.5 Å². The molecule has 4 aliphatic carbocycles. The number of pyridine rings is 3. The molecule has 4 aliphatic rings. The molecule has 0 bridgehead atoms. The lowest BCUT2D eigenvalue weighted by molar-refractivity contribution is 0.0958. The van der Waals surface area contributed by atoms with Crippen LogP contribution in [0, 0.1) is 19.3 Å². The maximum Gasteiger partial charge on any atom is 0.181 e. The SMILES string of the molecule is C#CCOc1ccnc2c1CCCC2=O.CCOc1ccnc2c1CCCC2=O.Cc1cc(C2CC2)c2c(n1)C(=O)CCC2. The molecule has 3 aromatic rings. The van der Waals surface area contributed by atoms with Crippen molar-refractivity contribution in [2.45, 2.75) is 90.4 Å². The highest BCUT2D eigenvalue weighted by Gasteiger charge is 2.30. The molecular weight excluding hydrogens is 554 g/mol. The second-order valence-electron chi connectivity index (χ2n) is 11.5. The van der Waals surface area contributed by atoms with Crippen molar-refractivity contribution in [2.24, 2.45) is 0 Å². The Balaban J connectivity index is 0.000000131. The summed E-state index contributed by atoms with van der Waals surface area (Å²) in [5.74, 6) is 5.16. The Labute approximate surface area is 259 Å². The number of aromatic nitrogens is 3. The molecule has 8 heteroatoms. The van der Waals surface area contributed by atoms with Crippen LogP contribution in [0.15, 0.2) is 30.6 Å². The van der Waals surface area contributed by atoms with Crippen LogP contribution in [0.4, 0.5) is 0 Å². The summed E-state index contributed by atoms with van der Waals surface area (Å²) in [6.45, 7) is 4.79. The first-order valence-electron chi connectivity index (χ1n) is 15.7. The average molecular weight is 594 g/mol. The molecule has 228 valence electrons. The van der Waals surface area contributed by atoms with Gasteiger partial charge in [-0.15, -0.1) is 6.42 Å². The van der Waals surface area contributed by atoms with Gasteiger partial charge in [0.15, 0.2) is 17.3 Å². The predicted octanol–water partition coefficient (Wildman–Crippen LogP) is 6.40. The second kappa shape index (κ2) is 14.4. The van der Waals surface area contributed by atoms with E-state index in [0.29, 0.717) is 43.0 Å². The van der Waals surface area contributed by atoms with Gasteiger partial charge in [-0.05, 0) is 100 Å². The minimum Gasteiger partial charge on any atom is -0.493 e.